The van der Waals surface area contributed by atoms with Crippen LogP contribution in [0.4, 0.5) is 0 Å². The number of thiol groups is 1. The number of hydrogen-bond donors (Lipinski definition) is 1. The van der Waals surface area contributed by atoms with Gasteiger partial charge in [0.2, 0.25) is 0 Å². The summed E-state index contributed by atoms with van der Waals surface area (Å²) in [5.74, 6) is -0.0209. The van der Waals surface area contributed by atoms with Gasteiger partial charge in [0.25, 0.3) is 0 Å². The van der Waals surface area contributed by atoms with Crippen LogP contribution in [0.1, 0.15) is 46.9 Å². The van der Waals surface area contributed by atoms with E-state index >= 15 is 0 Å². The maximum atomic E-state index is 10.6. The van der Waals surface area contributed by atoms with Crippen molar-refractivity contribution in [2.45, 2.75) is 45.4 Å². The second-order valence-corrected chi connectivity index (χ2v) is 3.46. The first-order valence-electron chi connectivity index (χ1n) is 5.07. The van der Waals surface area contributed by atoms with Gasteiger partial charge < -0.3 is 6.16 Å². The van der Waals surface area contributed by atoms with Crippen molar-refractivity contribution in [3.05, 3.63) is 0 Å². The second-order valence-electron chi connectivity index (χ2n) is 3.15. The third-order valence-electron chi connectivity index (χ3n) is 1.89. The quantitative estimate of drug-likeness (QED) is 0.273. The number of unbranched alkanes of at least 4 members (excludes halogenated alkanes) is 5. The molecule has 0 saturated carbocycles. The molecular formula is C10H21NaO2S. The first-order chi connectivity index (χ1) is 6.31. The molecule has 2 nitrogen and oxygen atoms in total. The van der Waals surface area contributed by atoms with Gasteiger partial charge >= 0.3 is 35.5 Å². The Bertz CT molecular complexity index is 137. The standard InChI is InChI=1S/C10H20O2S.Na.H/c1-2-3-4-5-6-7-8-12-10(11)9-13;;/h13H,2-9H2,1H3;;/q;+1;-1. The molecule has 0 fully saturated rings. The Labute approximate surface area is 116 Å². The van der Waals surface area contributed by atoms with Crippen LogP contribution in [0, 0.1) is 0 Å². The Morgan fingerprint density at radius 2 is 1.79 bits per heavy atom. The van der Waals surface area contributed by atoms with Crippen molar-refractivity contribution in [1.82, 2.24) is 0 Å². The summed E-state index contributed by atoms with van der Waals surface area (Å²) in [5.41, 5.74) is 0. The van der Waals surface area contributed by atoms with Gasteiger partial charge in [-0.25, -0.2) is 0 Å². The number of esters is 1. The topological polar surface area (TPSA) is 26.3 Å². The molecular weight excluding hydrogens is 207 g/mol. The molecule has 0 aliphatic rings. The molecule has 0 saturated heterocycles. The largest absolute Gasteiger partial charge is 1.00 e. The van der Waals surface area contributed by atoms with Gasteiger partial charge in [-0.3, -0.25) is 4.79 Å². The van der Waals surface area contributed by atoms with Gasteiger partial charge in [0.15, 0.2) is 0 Å². The summed E-state index contributed by atoms with van der Waals surface area (Å²) in [6, 6.07) is 0. The molecule has 0 amide bonds. The number of hydrogen-bond acceptors (Lipinski definition) is 3. The van der Waals surface area contributed by atoms with E-state index in [4.69, 9.17) is 4.74 Å². The van der Waals surface area contributed by atoms with Crippen LogP contribution in [-0.4, -0.2) is 18.3 Å². The Morgan fingerprint density at radius 3 is 2.36 bits per heavy atom. The summed E-state index contributed by atoms with van der Waals surface area (Å²) in [6.07, 6.45) is 7.30. The molecule has 0 aliphatic carbocycles. The van der Waals surface area contributed by atoms with Crippen LogP contribution in [0.3, 0.4) is 0 Å². The molecule has 0 rings (SSSR count). The van der Waals surface area contributed by atoms with E-state index in [1.54, 1.807) is 0 Å². The van der Waals surface area contributed by atoms with Crippen molar-refractivity contribution < 1.29 is 40.5 Å². The van der Waals surface area contributed by atoms with Crippen molar-refractivity contribution >= 4 is 18.6 Å². The molecule has 14 heavy (non-hydrogen) atoms. The molecule has 0 bridgehead atoms. The smallest absolute Gasteiger partial charge is 1.00 e. The molecule has 0 heterocycles. The molecule has 0 aromatic carbocycles. The van der Waals surface area contributed by atoms with E-state index in [1.807, 2.05) is 0 Å². The molecule has 0 radical (unpaired) electrons. The normalized spacial score (nSPS) is 9.29. The van der Waals surface area contributed by atoms with E-state index in [0.717, 1.165) is 6.42 Å². The van der Waals surface area contributed by atoms with Crippen LogP contribution < -0.4 is 29.6 Å². The molecule has 0 aliphatic heterocycles. The second kappa shape index (κ2) is 13.8. The molecule has 0 aromatic heterocycles. The first kappa shape index (κ1) is 17.2. The van der Waals surface area contributed by atoms with Crippen molar-refractivity contribution in [2.24, 2.45) is 0 Å². The zero-order valence-electron chi connectivity index (χ0n) is 10.4. The van der Waals surface area contributed by atoms with Gasteiger partial charge in [0.1, 0.15) is 0 Å². The minimum atomic E-state index is -0.211. The Morgan fingerprint density at radius 1 is 1.21 bits per heavy atom. The minimum absolute atomic E-state index is 0. The molecule has 80 valence electrons. The average molecular weight is 228 g/mol. The minimum Gasteiger partial charge on any atom is -1.00 e. The predicted octanol–water partition coefficient (Wildman–Crippen LogP) is -0.0636. The fourth-order valence-electron chi connectivity index (χ4n) is 1.11. The summed E-state index contributed by atoms with van der Waals surface area (Å²) < 4.78 is 4.88. The summed E-state index contributed by atoms with van der Waals surface area (Å²) >= 11 is 3.81. The van der Waals surface area contributed by atoms with Crippen LogP contribution in [0.5, 0.6) is 0 Å². The van der Waals surface area contributed by atoms with Gasteiger partial charge in [-0.1, -0.05) is 39.0 Å². The van der Waals surface area contributed by atoms with E-state index in [1.165, 1.54) is 32.1 Å². The van der Waals surface area contributed by atoms with E-state index in [0.29, 0.717) is 6.61 Å². The number of carbonyl (C=O) groups is 1. The van der Waals surface area contributed by atoms with Gasteiger partial charge in [-0.2, -0.15) is 12.6 Å². The number of carbonyl (C=O) groups excluding carboxylic acids is 1. The van der Waals surface area contributed by atoms with Gasteiger partial charge in [-0.05, 0) is 6.42 Å². The van der Waals surface area contributed by atoms with E-state index in [2.05, 4.69) is 19.6 Å². The third-order valence-corrected chi connectivity index (χ3v) is 2.15. The number of rotatable bonds is 8. The van der Waals surface area contributed by atoms with E-state index < -0.39 is 0 Å². The van der Waals surface area contributed by atoms with Crippen LogP contribution in [0.2, 0.25) is 0 Å². The fourth-order valence-corrected chi connectivity index (χ4v) is 1.21. The first-order valence-corrected chi connectivity index (χ1v) is 5.71. The van der Waals surface area contributed by atoms with E-state index in [9.17, 15) is 4.79 Å². The number of ether oxygens (including phenoxy) is 1. The fraction of sp³-hybridized carbons (Fsp3) is 0.900. The summed E-state index contributed by atoms with van der Waals surface area (Å²) in [7, 11) is 0. The molecule has 4 heteroatoms. The Hall–Kier alpha value is 0.820. The van der Waals surface area contributed by atoms with Gasteiger partial charge in [0, 0.05) is 0 Å². The van der Waals surface area contributed by atoms with Crippen molar-refractivity contribution in [3.63, 3.8) is 0 Å². The predicted molar refractivity (Wildman–Crippen MR) is 59.3 cm³/mol. The molecule has 0 N–H and O–H groups in total. The van der Waals surface area contributed by atoms with Crippen LogP contribution in [0.25, 0.3) is 0 Å². The summed E-state index contributed by atoms with van der Waals surface area (Å²) in [5, 5.41) is 0. The molecule has 0 atom stereocenters. The zero-order chi connectivity index (χ0) is 9.94. The van der Waals surface area contributed by atoms with Gasteiger partial charge in [-0.15, -0.1) is 0 Å². The maximum absolute atomic E-state index is 10.6. The van der Waals surface area contributed by atoms with Crippen molar-refractivity contribution in [2.75, 3.05) is 12.4 Å². The molecule has 0 unspecified atom stereocenters. The average Bonchev–Trinajstić information content (AvgIpc) is 2.16. The van der Waals surface area contributed by atoms with E-state index in [-0.39, 0.29) is 42.7 Å². The Kier molecular flexibility index (Phi) is 17.0. The zero-order valence-corrected chi connectivity index (χ0v) is 12.3. The van der Waals surface area contributed by atoms with Crippen LogP contribution in [0.15, 0.2) is 0 Å². The monoisotopic (exact) mass is 228 g/mol. The van der Waals surface area contributed by atoms with Crippen molar-refractivity contribution in [1.29, 1.82) is 0 Å². The summed E-state index contributed by atoms with van der Waals surface area (Å²) in [4.78, 5) is 10.6. The van der Waals surface area contributed by atoms with Gasteiger partial charge in [0.05, 0.1) is 12.4 Å². The SMILES string of the molecule is CCCCCCCCOC(=O)CS.[H-].[Na+]. The molecule has 0 aromatic rings. The summed E-state index contributed by atoms with van der Waals surface area (Å²) in [6.45, 7) is 2.76. The third kappa shape index (κ3) is 12.8. The maximum Gasteiger partial charge on any atom is 1.00 e. The van der Waals surface area contributed by atoms with Crippen molar-refractivity contribution in [3.8, 4) is 0 Å². The molecule has 0 spiro atoms. The van der Waals surface area contributed by atoms with Crippen LogP contribution >= 0.6 is 12.6 Å². The Balaban J connectivity index is -0.000000720. The van der Waals surface area contributed by atoms with Crippen LogP contribution in [-0.2, 0) is 9.53 Å².